The van der Waals surface area contributed by atoms with Crippen molar-refractivity contribution in [1.29, 1.82) is 0 Å². The number of nitrogens with zero attached hydrogens (tertiary/aromatic N) is 3. The number of likely N-dealkylation sites (tertiary alicyclic amines) is 1. The summed E-state index contributed by atoms with van der Waals surface area (Å²) in [5.74, 6) is 1.34. The van der Waals surface area contributed by atoms with Gasteiger partial charge in [0.25, 0.3) is 5.56 Å². The van der Waals surface area contributed by atoms with Gasteiger partial charge in [-0.25, -0.2) is 0 Å². The second-order valence-electron chi connectivity index (χ2n) is 5.50. The number of piperidine rings is 1. The molecule has 2 aromatic heterocycles. The largest absolute Gasteiger partial charge is 0.354 e. The van der Waals surface area contributed by atoms with Crippen molar-refractivity contribution in [3.63, 3.8) is 0 Å². The van der Waals surface area contributed by atoms with Crippen LogP contribution in [0.15, 0.2) is 11.0 Å². The van der Waals surface area contributed by atoms with Crippen LogP contribution < -0.4 is 10.9 Å². The summed E-state index contributed by atoms with van der Waals surface area (Å²) < 4.78 is 0. The Labute approximate surface area is 116 Å². The van der Waals surface area contributed by atoms with Gasteiger partial charge in [-0.1, -0.05) is 6.92 Å². The fourth-order valence-corrected chi connectivity index (χ4v) is 2.55. The molecule has 3 rings (SSSR count). The number of hydrogen-bond donors (Lipinski definition) is 3. The van der Waals surface area contributed by atoms with Crippen molar-refractivity contribution in [2.24, 2.45) is 5.92 Å². The summed E-state index contributed by atoms with van der Waals surface area (Å²) in [6.45, 7) is 6.37. The van der Waals surface area contributed by atoms with Gasteiger partial charge in [0.05, 0.1) is 6.20 Å². The highest BCUT2D eigenvalue weighted by molar-refractivity contribution is 5.73. The molecule has 0 amide bonds. The average molecular weight is 276 g/mol. The van der Waals surface area contributed by atoms with E-state index in [9.17, 15) is 4.79 Å². The van der Waals surface area contributed by atoms with Crippen molar-refractivity contribution in [2.75, 3.05) is 31.5 Å². The van der Waals surface area contributed by atoms with E-state index >= 15 is 0 Å². The van der Waals surface area contributed by atoms with E-state index < -0.39 is 0 Å². The summed E-state index contributed by atoms with van der Waals surface area (Å²) in [6, 6.07) is 0. The van der Waals surface area contributed by atoms with Crippen molar-refractivity contribution in [1.82, 2.24) is 25.1 Å². The number of hydrogen-bond acceptors (Lipinski definition) is 5. The van der Waals surface area contributed by atoms with Gasteiger partial charge in [0, 0.05) is 13.1 Å². The van der Waals surface area contributed by atoms with Gasteiger partial charge in [0.2, 0.25) is 5.95 Å². The van der Waals surface area contributed by atoms with Crippen LogP contribution in [0.4, 0.5) is 5.95 Å². The Morgan fingerprint density at radius 3 is 3.05 bits per heavy atom. The molecule has 1 aliphatic heterocycles. The van der Waals surface area contributed by atoms with Crippen molar-refractivity contribution < 1.29 is 0 Å². The lowest BCUT2D eigenvalue weighted by Crippen LogP contribution is -2.36. The lowest BCUT2D eigenvalue weighted by molar-refractivity contribution is 0.199. The minimum absolute atomic E-state index is 0.168. The molecule has 1 saturated heterocycles. The molecule has 2 aromatic rings. The van der Waals surface area contributed by atoms with Crippen LogP contribution in [-0.2, 0) is 0 Å². The summed E-state index contributed by atoms with van der Waals surface area (Å²) in [4.78, 5) is 21.2. The van der Waals surface area contributed by atoms with Crippen LogP contribution in [0.5, 0.6) is 0 Å². The van der Waals surface area contributed by atoms with Crippen LogP contribution in [0.1, 0.15) is 19.8 Å². The van der Waals surface area contributed by atoms with Gasteiger partial charge in [0.1, 0.15) is 5.39 Å². The molecule has 1 fully saturated rings. The van der Waals surface area contributed by atoms with Crippen molar-refractivity contribution in [3.8, 4) is 0 Å². The second-order valence-corrected chi connectivity index (χ2v) is 5.50. The zero-order chi connectivity index (χ0) is 13.9. The Balaban J connectivity index is 1.56. The Morgan fingerprint density at radius 1 is 1.45 bits per heavy atom. The molecule has 0 bridgehead atoms. The Hall–Kier alpha value is -1.89. The van der Waals surface area contributed by atoms with Crippen LogP contribution in [0, 0.1) is 5.92 Å². The predicted octanol–water partition coefficient (Wildman–Crippen LogP) is 0.790. The maximum atomic E-state index is 11.8. The normalized spacial score (nSPS) is 17.6. The first-order valence-corrected chi connectivity index (χ1v) is 7.12. The third-order valence-corrected chi connectivity index (χ3v) is 3.92. The minimum Gasteiger partial charge on any atom is -0.354 e. The van der Waals surface area contributed by atoms with Crippen LogP contribution in [0.25, 0.3) is 11.0 Å². The number of rotatable bonds is 4. The molecule has 0 spiro atoms. The van der Waals surface area contributed by atoms with Gasteiger partial charge in [-0.2, -0.15) is 10.1 Å². The Morgan fingerprint density at radius 2 is 2.25 bits per heavy atom. The zero-order valence-corrected chi connectivity index (χ0v) is 11.6. The molecule has 1 aliphatic rings. The monoisotopic (exact) mass is 276 g/mol. The number of H-pyrrole nitrogens is 2. The van der Waals surface area contributed by atoms with E-state index in [1.54, 1.807) is 0 Å². The van der Waals surface area contributed by atoms with Crippen molar-refractivity contribution >= 4 is 17.0 Å². The third-order valence-electron chi connectivity index (χ3n) is 3.92. The maximum Gasteiger partial charge on any atom is 0.263 e. The van der Waals surface area contributed by atoms with E-state index in [2.05, 4.69) is 37.3 Å². The fraction of sp³-hybridized carbons (Fsp3) is 0.615. The number of anilines is 1. The SMILES string of the molecule is CC1CCN(CCNc2nc3[nH]ncc3c(=O)[nH]2)CC1. The topological polar surface area (TPSA) is 89.7 Å². The predicted molar refractivity (Wildman–Crippen MR) is 77.8 cm³/mol. The standard InChI is InChI=1S/C13H20N6O/c1-9-2-5-19(6-3-9)7-4-14-13-16-11-10(8-15-18-11)12(20)17-13/h8-9H,2-7H2,1H3,(H3,14,15,16,17,18,20). The molecule has 7 heteroatoms. The van der Waals surface area contributed by atoms with Gasteiger partial charge < -0.3 is 10.2 Å². The number of aromatic amines is 2. The lowest BCUT2D eigenvalue weighted by atomic mass is 9.99. The second kappa shape index (κ2) is 5.62. The summed E-state index contributed by atoms with van der Waals surface area (Å²) in [5.41, 5.74) is 0.348. The summed E-state index contributed by atoms with van der Waals surface area (Å²) in [5, 5.41) is 10.2. The fourth-order valence-electron chi connectivity index (χ4n) is 2.55. The first kappa shape index (κ1) is 13.1. The van der Waals surface area contributed by atoms with Gasteiger partial charge in [-0.3, -0.25) is 14.9 Å². The van der Waals surface area contributed by atoms with E-state index in [0.717, 1.165) is 32.1 Å². The number of nitrogens with one attached hydrogen (secondary N) is 3. The average Bonchev–Trinajstić information content (AvgIpc) is 2.90. The Kier molecular flexibility index (Phi) is 3.68. The van der Waals surface area contributed by atoms with E-state index in [-0.39, 0.29) is 5.56 Å². The minimum atomic E-state index is -0.168. The van der Waals surface area contributed by atoms with E-state index in [0.29, 0.717) is 17.0 Å². The number of aromatic nitrogens is 4. The molecule has 108 valence electrons. The molecule has 0 atom stereocenters. The zero-order valence-electron chi connectivity index (χ0n) is 11.6. The first-order chi connectivity index (χ1) is 9.72. The lowest BCUT2D eigenvalue weighted by Gasteiger charge is -2.30. The summed E-state index contributed by atoms with van der Waals surface area (Å²) >= 11 is 0. The molecular weight excluding hydrogens is 256 g/mol. The van der Waals surface area contributed by atoms with Gasteiger partial charge in [-0.05, 0) is 31.8 Å². The van der Waals surface area contributed by atoms with Crippen LogP contribution in [0.3, 0.4) is 0 Å². The molecule has 0 saturated carbocycles. The van der Waals surface area contributed by atoms with Crippen LogP contribution in [0.2, 0.25) is 0 Å². The molecule has 0 radical (unpaired) electrons. The molecule has 20 heavy (non-hydrogen) atoms. The highest BCUT2D eigenvalue weighted by Gasteiger charge is 2.15. The molecule has 7 nitrogen and oxygen atoms in total. The van der Waals surface area contributed by atoms with E-state index in [4.69, 9.17) is 0 Å². The third kappa shape index (κ3) is 2.82. The summed E-state index contributed by atoms with van der Waals surface area (Å²) in [6.07, 6.45) is 4.03. The molecule has 0 aliphatic carbocycles. The molecule has 0 unspecified atom stereocenters. The highest BCUT2D eigenvalue weighted by atomic mass is 16.1. The molecular formula is C13H20N6O. The van der Waals surface area contributed by atoms with Gasteiger partial charge >= 0.3 is 0 Å². The highest BCUT2D eigenvalue weighted by Crippen LogP contribution is 2.15. The van der Waals surface area contributed by atoms with Crippen LogP contribution in [-0.4, -0.2) is 51.2 Å². The van der Waals surface area contributed by atoms with Gasteiger partial charge in [-0.15, -0.1) is 0 Å². The van der Waals surface area contributed by atoms with Crippen molar-refractivity contribution in [3.05, 3.63) is 16.6 Å². The molecule has 3 heterocycles. The molecule has 3 N–H and O–H groups in total. The van der Waals surface area contributed by atoms with Crippen LogP contribution >= 0.6 is 0 Å². The van der Waals surface area contributed by atoms with Crippen molar-refractivity contribution in [2.45, 2.75) is 19.8 Å². The number of fused-ring (bicyclic) bond motifs is 1. The van der Waals surface area contributed by atoms with Gasteiger partial charge in [0.15, 0.2) is 5.65 Å². The first-order valence-electron chi connectivity index (χ1n) is 7.12. The van der Waals surface area contributed by atoms with E-state index in [1.807, 2.05) is 0 Å². The quantitative estimate of drug-likeness (QED) is 0.768. The van der Waals surface area contributed by atoms with E-state index in [1.165, 1.54) is 19.0 Å². The Bertz CT molecular complexity index is 625. The smallest absolute Gasteiger partial charge is 0.263 e. The maximum absolute atomic E-state index is 11.8. The molecule has 0 aromatic carbocycles. The summed E-state index contributed by atoms with van der Waals surface area (Å²) in [7, 11) is 0.